The molecule has 2 rings (SSSR count). The van der Waals surface area contributed by atoms with E-state index in [1.807, 2.05) is 6.92 Å². The first-order valence-electron chi connectivity index (χ1n) is 7.54. The molecule has 25 heavy (non-hydrogen) atoms. The number of carbonyl (C=O) groups is 1. The quantitative estimate of drug-likeness (QED) is 0.503. The summed E-state index contributed by atoms with van der Waals surface area (Å²) in [6.07, 6.45) is 4.64. The van der Waals surface area contributed by atoms with Crippen LogP contribution >= 0.6 is 27.5 Å². The van der Waals surface area contributed by atoms with Crippen LogP contribution in [0.3, 0.4) is 0 Å². The Balaban J connectivity index is 2.21. The van der Waals surface area contributed by atoms with Crippen LogP contribution in [0.1, 0.15) is 16.8 Å². The summed E-state index contributed by atoms with van der Waals surface area (Å²) in [5.74, 6) is -0.626. The topological polar surface area (TPSA) is 38.1 Å². The van der Waals surface area contributed by atoms with Gasteiger partial charge in [0.2, 0.25) is 5.91 Å². The minimum absolute atomic E-state index is 0.139. The van der Waals surface area contributed by atoms with Crippen molar-refractivity contribution in [2.75, 3.05) is 6.54 Å². The fourth-order valence-electron chi connectivity index (χ4n) is 2.35. The van der Waals surface area contributed by atoms with Gasteiger partial charge in [-0.05, 0) is 31.2 Å². The van der Waals surface area contributed by atoms with Crippen LogP contribution in [0.5, 0.6) is 0 Å². The maximum atomic E-state index is 14.0. The van der Waals surface area contributed by atoms with Crippen LogP contribution in [0.25, 0.3) is 6.08 Å². The van der Waals surface area contributed by atoms with Gasteiger partial charge in [-0.1, -0.05) is 33.6 Å². The molecule has 0 aliphatic heterocycles. The van der Waals surface area contributed by atoms with Crippen molar-refractivity contribution in [3.8, 4) is 0 Å². The van der Waals surface area contributed by atoms with Gasteiger partial charge in [0.1, 0.15) is 11.0 Å². The van der Waals surface area contributed by atoms with Gasteiger partial charge in [0.15, 0.2) is 0 Å². The number of hydrogen-bond acceptors (Lipinski definition) is 2. The predicted molar refractivity (Wildman–Crippen MR) is 102 cm³/mol. The Morgan fingerprint density at radius 2 is 2.24 bits per heavy atom. The molecule has 0 saturated carbocycles. The molecule has 1 heterocycles. The Kier molecular flexibility index (Phi) is 6.56. The van der Waals surface area contributed by atoms with E-state index in [0.29, 0.717) is 22.8 Å². The van der Waals surface area contributed by atoms with E-state index in [4.69, 9.17) is 11.6 Å². The third-order valence-electron chi connectivity index (χ3n) is 3.62. The molecular weight excluding hydrogens is 409 g/mol. The summed E-state index contributed by atoms with van der Waals surface area (Å²) in [7, 11) is 1.73. The molecule has 0 radical (unpaired) electrons. The number of rotatable bonds is 6. The highest BCUT2D eigenvalue weighted by atomic mass is 79.9. The van der Waals surface area contributed by atoms with Crippen molar-refractivity contribution in [2.45, 2.75) is 13.5 Å². The van der Waals surface area contributed by atoms with Crippen molar-refractivity contribution in [3.63, 3.8) is 0 Å². The molecule has 0 bridgehead atoms. The Morgan fingerprint density at radius 1 is 1.52 bits per heavy atom. The lowest BCUT2D eigenvalue weighted by Crippen LogP contribution is -2.29. The molecule has 0 spiro atoms. The molecule has 1 aromatic carbocycles. The molecule has 0 aliphatic carbocycles. The van der Waals surface area contributed by atoms with Gasteiger partial charge in [-0.2, -0.15) is 5.10 Å². The van der Waals surface area contributed by atoms with Crippen LogP contribution in [0.2, 0.25) is 5.15 Å². The molecular formula is C18H18BrClFN3O. The number of aromatic nitrogens is 2. The standard InChI is InChI=1S/C18H18BrClFN3O/c1-4-9-24(11-13-10-14(19)5-7-16(13)21)17(25)8-6-15-12(2)22-23(3)18(15)20/h4-8,10H,1,9,11H2,2-3H3/b8-6+. The molecule has 2 aromatic rings. The van der Waals surface area contributed by atoms with Gasteiger partial charge in [-0.25, -0.2) is 4.39 Å². The third kappa shape index (κ3) is 4.80. The lowest BCUT2D eigenvalue weighted by molar-refractivity contribution is -0.126. The zero-order valence-corrected chi connectivity index (χ0v) is 16.3. The van der Waals surface area contributed by atoms with Gasteiger partial charge in [-0.3, -0.25) is 9.48 Å². The van der Waals surface area contributed by atoms with E-state index >= 15 is 0 Å². The monoisotopic (exact) mass is 425 g/mol. The molecule has 0 unspecified atom stereocenters. The number of amides is 1. The fourth-order valence-corrected chi connectivity index (χ4v) is 3.00. The average Bonchev–Trinajstić information content (AvgIpc) is 2.80. The van der Waals surface area contributed by atoms with Gasteiger partial charge >= 0.3 is 0 Å². The summed E-state index contributed by atoms with van der Waals surface area (Å²) in [5, 5.41) is 4.65. The van der Waals surface area contributed by atoms with Gasteiger partial charge < -0.3 is 4.90 Å². The largest absolute Gasteiger partial charge is 0.331 e. The van der Waals surface area contributed by atoms with E-state index in [1.165, 1.54) is 17.0 Å². The lowest BCUT2D eigenvalue weighted by Gasteiger charge is -2.20. The average molecular weight is 427 g/mol. The van der Waals surface area contributed by atoms with Crippen LogP contribution in [0.4, 0.5) is 4.39 Å². The normalized spacial score (nSPS) is 11.1. The summed E-state index contributed by atoms with van der Waals surface area (Å²) < 4.78 is 16.3. The maximum absolute atomic E-state index is 14.0. The van der Waals surface area contributed by atoms with E-state index in [0.717, 1.165) is 10.2 Å². The molecule has 0 saturated heterocycles. The van der Waals surface area contributed by atoms with E-state index < -0.39 is 0 Å². The number of halogens is 3. The SMILES string of the molecule is C=CCN(Cc1cc(Br)ccc1F)C(=O)/C=C/c1c(C)nn(C)c1Cl. The summed E-state index contributed by atoms with van der Waals surface area (Å²) in [5.41, 5.74) is 1.84. The van der Waals surface area contributed by atoms with Crippen molar-refractivity contribution in [1.82, 2.24) is 14.7 Å². The van der Waals surface area contributed by atoms with E-state index in [2.05, 4.69) is 27.6 Å². The number of nitrogens with zero attached hydrogens (tertiary/aromatic N) is 3. The number of aryl methyl sites for hydroxylation is 2. The second-order valence-corrected chi connectivity index (χ2v) is 6.76. The molecule has 7 heteroatoms. The second-order valence-electron chi connectivity index (χ2n) is 5.49. The Bertz CT molecular complexity index is 832. The van der Waals surface area contributed by atoms with Gasteiger partial charge in [-0.15, -0.1) is 6.58 Å². The summed E-state index contributed by atoms with van der Waals surface area (Å²) >= 11 is 9.47. The Morgan fingerprint density at radius 3 is 2.84 bits per heavy atom. The lowest BCUT2D eigenvalue weighted by atomic mass is 10.2. The molecule has 132 valence electrons. The minimum atomic E-state index is -0.361. The second kappa shape index (κ2) is 8.45. The fraction of sp³-hybridized carbons (Fsp3) is 0.222. The zero-order chi connectivity index (χ0) is 18.6. The van der Waals surface area contributed by atoms with E-state index in [-0.39, 0.29) is 18.3 Å². The third-order valence-corrected chi connectivity index (χ3v) is 4.56. The zero-order valence-electron chi connectivity index (χ0n) is 14.0. The highest BCUT2D eigenvalue weighted by molar-refractivity contribution is 9.10. The Hall–Kier alpha value is -1.92. The summed E-state index contributed by atoms with van der Waals surface area (Å²) in [4.78, 5) is 14.0. The van der Waals surface area contributed by atoms with Crippen molar-refractivity contribution in [1.29, 1.82) is 0 Å². The number of carbonyl (C=O) groups excluding carboxylic acids is 1. The van der Waals surface area contributed by atoms with E-state index in [1.54, 1.807) is 36.0 Å². The van der Waals surface area contributed by atoms with Gasteiger partial charge in [0.25, 0.3) is 0 Å². The van der Waals surface area contributed by atoms with Gasteiger partial charge in [0.05, 0.1) is 5.69 Å². The smallest absolute Gasteiger partial charge is 0.247 e. The first-order chi connectivity index (χ1) is 11.8. The van der Waals surface area contributed by atoms with E-state index in [9.17, 15) is 9.18 Å². The van der Waals surface area contributed by atoms with Crippen LogP contribution in [-0.2, 0) is 18.4 Å². The minimum Gasteiger partial charge on any atom is -0.331 e. The molecule has 0 fully saturated rings. The predicted octanol–water partition coefficient (Wildman–Crippen LogP) is 4.51. The molecule has 4 nitrogen and oxygen atoms in total. The molecule has 0 N–H and O–H groups in total. The first-order valence-corrected chi connectivity index (χ1v) is 8.71. The number of hydrogen-bond donors (Lipinski definition) is 0. The Labute approximate surface area is 159 Å². The van der Waals surface area contributed by atoms with Crippen molar-refractivity contribution in [2.24, 2.45) is 7.05 Å². The van der Waals surface area contributed by atoms with Crippen molar-refractivity contribution in [3.05, 3.63) is 69.2 Å². The maximum Gasteiger partial charge on any atom is 0.247 e. The van der Waals surface area contributed by atoms with Crippen LogP contribution in [0, 0.1) is 12.7 Å². The molecule has 1 amide bonds. The highest BCUT2D eigenvalue weighted by Crippen LogP contribution is 2.21. The van der Waals surface area contributed by atoms with Crippen LogP contribution in [-0.4, -0.2) is 27.1 Å². The van der Waals surface area contributed by atoms with Crippen LogP contribution in [0.15, 0.2) is 41.4 Å². The summed E-state index contributed by atoms with van der Waals surface area (Å²) in [6.45, 7) is 5.91. The molecule has 1 aromatic heterocycles. The number of benzene rings is 1. The van der Waals surface area contributed by atoms with Crippen molar-refractivity contribution >= 4 is 39.5 Å². The van der Waals surface area contributed by atoms with Gasteiger partial charge in [0, 0.05) is 41.8 Å². The molecule has 0 atom stereocenters. The summed E-state index contributed by atoms with van der Waals surface area (Å²) in [6, 6.07) is 4.64. The first kappa shape index (κ1) is 19.4. The highest BCUT2D eigenvalue weighted by Gasteiger charge is 2.14. The van der Waals surface area contributed by atoms with Crippen LogP contribution < -0.4 is 0 Å². The van der Waals surface area contributed by atoms with Crippen molar-refractivity contribution < 1.29 is 9.18 Å². The molecule has 0 aliphatic rings.